The Hall–Kier alpha value is -1.97. The SMILES string of the molecule is CC1=Cc2c(-c3ccccc3)cccc2[CH]1[Hf]([CH3])([CH3])(=[SiH2])[CH]1C(C)=Cc2c(-c3ccccc3)cccc21.Cl.Cl. The summed E-state index contributed by atoms with van der Waals surface area (Å²) < 4.78 is 6.57. The van der Waals surface area contributed by atoms with Gasteiger partial charge in [-0.15, -0.1) is 24.8 Å². The fourth-order valence-corrected chi connectivity index (χ4v) is 38.1. The van der Waals surface area contributed by atoms with Crippen LogP contribution in [0.3, 0.4) is 0 Å². The van der Waals surface area contributed by atoms with Crippen LogP contribution in [0.4, 0.5) is 0 Å². The second-order valence-electron chi connectivity index (χ2n) is 11.9. The fraction of sp³-hybridized carbons (Fsp3) is 0.176. The minimum Gasteiger partial charge on any atom is -0.147 e. The summed E-state index contributed by atoms with van der Waals surface area (Å²) >= 11 is -3.62. The third-order valence-corrected chi connectivity index (χ3v) is 34.4. The van der Waals surface area contributed by atoms with Crippen LogP contribution in [0.15, 0.2) is 108 Å². The average Bonchev–Trinajstić information content (AvgIpc) is 3.41. The largest absolute Gasteiger partial charge is 0.147 e. The third-order valence-electron chi connectivity index (χ3n) is 8.62. The zero-order valence-electron chi connectivity index (χ0n) is 22.6. The van der Waals surface area contributed by atoms with Crippen LogP contribution in [0.1, 0.15) is 43.5 Å². The molecule has 0 aromatic heterocycles. The van der Waals surface area contributed by atoms with Gasteiger partial charge in [0.15, 0.2) is 0 Å². The van der Waals surface area contributed by atoms with E-state index in [0.29, 0.717) is 7.35 Å². The van der Waals surface area contributed by atoms with Gasteiger partial charge in [-0.3, -0.25) is 0 Å². The molecule has 4 aromatic rings. The Balaban J connectivity index is 0.00000168. The molecule has 4 aromatic carbocycles. The Labute approximate surface area is 242 Å². The van der Waals surface area contributed by atoms with Gasteiger partial charge in [-0.25, -0.2) is 0 Å². The van der Waals surface area contributed by atoms with Crippen molar-refractivity contribution in [2.24, 2.45) is 0 Å². The summed E-state index contributed by atoms with van der Waals surface area (Å²) in [5, 5.41) is 0. The van der Waals surface area contributed by atoms with Gasteiger partial charge in [0.2, 0.25) is 0 Å². The van der Waals surface area contributed by atoms with E-state index < -0.39 is 17.1 Å². The standard InChI is InChI=1S/2C16H13.2CH3.2ClH.Hf.H2Si/c2*1-12-10-14-8-5-9-15(16(14)11-12)13-6-3-2-4-7-13;;;;;;/h2*2-11H,1H3;2*1H3;2*1H;;1H2. The second-order valence-corrected chi connectivity index (χ2v) is 55.4. The van der Waals surface area contributed by atoms with Gasteiger partial charge in [-0.2, -0.15) is 0 Å². The third kappa shape index (κ3) is 4.58. The zero-order chi connectivity index (χ0) is 25.1. The first-order valence-corrected chi connectivity index (χ1v) is 32.7. The minimum atomic E-state index is -3.62. The van der Waals surface area contributed by atoms with Crippen molar-refractivity contribution in [1.29, 1.82) is 0 Å². The summed E-state index contributed by atoms with van der Waals surface area (Å²) in [6, 6.07) is 35.8. The Morgan fingerprint density at radius 2 is 0.895 bits per heavy atom. The molecule has 194 valence electrons. The van der Waals surface area contributed by atoms with Crippen molar-refractivity contribution >= 4 is 43.9 Å². The molecule has 0 saturated heterocycles. The molecule has 0 aliphatic heterocycles. The molecule has 0 spiro atoms. The van der Waals surface area contributed by atoms with E-state index in [1.165, 1.54) is 33.4 Å². The van der Waals surface area contributed by atoms with E-state index in [4.69, 9.17) is 0 Å². The maximum absolute atomic E-state index is 3.62. The summed E-state index contributed by atoms with van der Waals surface area (Å²) in [4.78, 5) is 0. The molecule has 0 amide bonds. The molecule has 0 nitrogen and oxygen atoms in total. The van der Waals surface area contributed by atoms with E-state index in [2.05, 4.69) is 139 Å². The van der Waals surface area contributed by atoms with Gasteiger partial charge in [0.25, 0.3) is 0 Å². The van der Waals surface area contributed by atoms with Crippen molar-refractivity contribution < 1.29 is 17.1 Å². The molecule has 2 aliphatic carbocycles. The van der Waals surface area contributed by atoms with Crippen molar-refractivity contribution in [3.05, 3.63) is 130 Å². The minimum absolute atomic E-state index is 0. The van der Waals surface area contributed by atoms with Crippen LogP contribution >= 0.6 is 24.8 Å². The second kappa shape index (κ2) is 10.5. The van der Waals surface area contributed by atoms with Gasteiger partial charge in [0, 0.05) is 0 Å². The van der Waals surface area contributed by atoms with Gasteiger partial charge < -0.3 is 0 Å². The molecular weight excluding hydrogens is 686 g/mol. The molecule has 0 radical (unpaired) electrons. The van der Waals surface area contributed by atoms with Crippen LogP contribution in [0.25, 0.3) is 34.4 Å². The quantitative estimate of drug-likeness (QED) is 0.184. The summed E-state index contributed by atoms with van der Waals surface area (Å²) in [5.74, 6) is 0. The van der Waals surface area contributed by atoms with E-state index >= 15 is 0 Å². The molecule has 4 heteroatoms. The first kappa shape index (κ1) is 29.0. The molecule has 2 aliphatic rings. The van der Waals surface area contributed by atoms with Gasteiger partial charge in [-0.05, 0) is 0 Å². The fourth-order valence-electron chi connectivity index (χ4n) is 7.53. The van der Waals surface area contributed by atoms with Crippen LogP contribution in [0.2, 0.25) is 9.36 Å². The maximum atomic E-state index is 2.73. The van der Waals surface area contributed by atoms with Crippen molar-refractivity contribution in [2.45, 2.75) is 30.6 Å². The predicted molar refractivity (Wildman–Crippen MR) is 171 cm³/mol. The van der Waals surface area contributed by atoms with Crippen molar-refractivity contribution in [2.75, 3.05) is 0 Å². The van der Waals surface area contributed by atoms with Crippen molar-refractivity contribution in [3.8, 4) is 22.3 Å². The van der Waals surface area contributed by atoms with Crippen molar-refractivity contribution in [3.63, 3.8) is 0 Å². The van der Waals surface area contributed by atoms with Crippen LogP contribution in [0.5, 0.6) is 0 Å². The summed E-state index contributed by atoms with van der Waals surface area (Å²) in [6.45, 7) is 7.22. The molecule has 0 N–H and O–H groups in total. The number of halogens is 2. The first-order chi connectivity index (χ1) is 17.2. The molecule has 6 rings (SSSR count). The van der Waals surface area contributed by atoms with Crippen LogP contribution < -0.4 is 0 Å². The number of fused-ring (bicyclic) bond motifs is 2. The predicted octanol–water partition coefficient (Wildman–Crippen LogP) is 9.81. The molecule has 38 heavy (non-hydrogen) atoms. The normalized spacial score (nSPS) is 17.9. The number of hydrogen-bond acceptors (Lipinski definition) is 0. The maximum Gasteiger partial charge on any atom is -0.147 e. The topological polar surface area (TPSA) is 0 Å². The Kier molecular flexibility index (Phi) is 8.05. The van der Waals surface area contributed by atoms with Gasteiger partial charge >= 0.3 is 219 Å². The summed E-state index contributed by atoms with van der Waals surface area (Å²) in [6.07, 6.45) is 5.02. The van der Waals surface area contributed by atoms with Crippen LogP contribution in [0, 0.1) is 0 Å². The molecule has 0 heterocycles. The van der Waals surface area contributed by atoms with Gasteiger partial charge in [0.1, 0.15) is 0 Å². The molecule has 0 saturated carbocycles. The monoisotopic (exact) mass is 722 g/mol. The van der Waals surface area contributed by atoms with E-state index in [1.54, 1.807) is 22.3 Å². The Morgan fingerprint density at radius 3 is 1.26 bits per heavy atom. The van der Waals surface area contributed by atoms with E-state index in [1.807, 2.05) is 0 Å². The van der Waals surface area contributed by atoms with Crippen LogP contribution in [-0.2, 0) is 17.1 Å². The molecule has 2 atom stereocenters. The smallest absolute Gasteiger partial charge is 0.147 e. The van der Waals surface area contributed by atoms with Crippen LogP contribution in [-0.4, -0.2) is 6.94 Å². The summed E-state index contributed by atoms with van der Waals surface area (Å²) in [7, 11) is 0. The van der Waals surface area contributed by atoms with Gasteiger partial charge in [-0.1, -0.05) is 0 Å². The number of benzene rings is 4. The molecule has 0 fully saturated rings. The average molecular weight is 722 g/mol. The van der Waals surface area contributed by atoms with Crippen molar-refractivity contribution in [1.82, 2.24) is 0 Å². The van der Waals surface area contributed by atoms with E-state index in [9.17, 15) is 0 Å². The molecule has 0 bridgehead atoms. The van der Waals surface area contributed by atoms with E-state index in [-0.39, 0.29) is 24.8 Å². The molecular formula is C34H36Cl2HfSi. The number of rotatable bonds is 4. The number of hydrogen-bond donors (Lipinski definition) is 0. The first-order valence-electron chi connectivity index (χ1n) is 13.0. The Morgan fingerprint density at radius 1 is 0.526 bits per heavy atom. The zero-order valence-corrected chi connectivity index (χ0v) is 29.2. The molecule has 2 unspecified atom stereocenters. The Bertz CT molecular complexity index is 1510. The van der Waals surface area contributed by atoms with Gasteiger partial charge in [0.05, 0.1) is 0 Å². The number of allylic oxidation sites excluding steroid dienone is 2. The summed E-state index contributed by atoms with van der Waals surface area (Å²) in [5.41, 5.74) is 14.5. The van der Waals surface area contributed by atoms with E-state index in [0.717, 1.165) is 0 Å².